The second-order valence-electron chi connectivity index (χ2n) is 3.11. The van der Waals surface area contributed by atoms with Crippen molar-refractivity contribution in [2.75, 3.05) is 0 Å². The van der Waals surface area contributed by atoms with E-state index in [1.165, 1.54) is 6.07 Å². The monoisotopic (exact) mass is 208 g/mol. The van der Waals surface area contributed by atoms with E-state index in [1.54, 1.807) is 26.0 Å². The van der Waals surface area contributed by atoms with Crippen molar-refractivity contribution in [3.8, 4) is 11.5 Å². The third-order valence-corrected chi connectivity index (χ3v) is 1.93. The number of hydrogen-bond acceptors (Lipinski definition) is 3. The van der Waals surface area contributed by atoms with Gasteiger partial charge in [0, 0.05) is 5.56 Å². The van der Waals surface area contributed by atoms with Crippen LogP contribution in [0.15, 0.2) is 22.7 Å². The summed E-state index contributed by atoms with van der Waals surface area (Å²) in [6, 6.07) is 4.70. The summed E-state index contributed by atoms with van der Waals surface area (Å²) in [5.41, 5.74) is 1.31. The van der Waals surface area contributed by atoms with Gasteiger partial charge >= 0.3 is 0 Å². The van der Waals surface area contributed by atoms with Crippen molar-refractivity contribution >= 4 is 0 Å². The van der Waals surface area contributed by atoms with Gasteiger partial charge in [-0.3, -0.25) is 0 Å². The standard InChI is InChI=1S/C10H9FN2O.CH4/c1-6-5-8(3-4-9(6)11)10-12-7(2)13-14-10;/h3-5H,1-2H3;1H4. The first-order chi connectivity index (χ1) is 6.66. The molecule has 15 heavy (non-hydrogen) atoms. The van der Waals surface area contributed by atoms with Crippen LogP contribution in [0.2, 0.25) is 0 Å². The smallest absolute Gasteiger partial charge is 0.257 e. The molecule has 0 saturated carbocycles. The molecule has 0 aliphatic heterocycles. The number of aromatic nitrogens is 2. The van der Waals surface area contributed by atoms with Crippen LogP contribution in [0.3, 0.4) is 0 Å². The van der Waals surface area contributed by atoms with Crippen LogP contribution >= 0.6 is 0 Å². The van der Waals surface area contributed by atoms with Gasteiger partial charge in [-0.25, -0.2) is 4.39 Å². The number of benzene rings is 1. The van der Waals surface area contributed by atoms with Gasteiger partial charge in [0.15, 0.2) is 5.82 Å². The average Bonchev–Trinajstić information content (AvgIpc) is 2.57. The Balaban J connectivity index is 0.00000112. The maximum atomic E-state index is 13.0. The minimum absolute atomic E-state index is 0. The zero-order valence-corrected chi connectivity index (χ0v) is 7.91. The minimum atomic E-state index is -0.231. The van der Waals surface area contributed by atoms with Gasteiger partial charge < -0.3 is 4.52 Å². The van der Waals surface area contributed by atoms with Crippen molar-refractivity contribution in [2.45, 2.75) is 21.3 Å². The molecule has 2 rings (SSSR count). The Morgan fingerprint density at radius 1 is 1.27 bits per heavy atom. The maximum absolute atomic E-state index is 13.0. The predicted octanol–water partition coefficient (Wildman–Crippen LogP) is 3.13. The number of aryl methyl sites for hydroxylation is 2. The number of nitrogens with zero attached hydrogens (tertiary/aromatic N) is 2. The molecule has 1 heterocycles. The van der Waals surface area contributed by atoms with Crippen molar-refractivity contribution in [1.82, 2.24) is 10.1 Å². The van der Waals surface area contributed by atoms with Crippen LogP contribution in [0.4, 0.5) is 4.39 Å². The van der Waals surface area contributed by atoms with Crippen LogP contribution in [-0.4, -0.2) is 10.1 Å². The van der Waals surface area contributed by atoms with Crippen molar-refractivity contribution in [2.24, 2.45) is 0 Å². The van der Waals surface area contributed by atoms with E-state index in [2.05, 4.69) is 10.1 Å². The van der Waals surface area contributed by atoms with Crippen LogP contribution in [0.25, 0.3) is 11.5 Å². The normalized spacial score (nSPS) is 9.80. The first kappa shape index (κ1) is 11.4. The second kappa shape index (κ2) is 4.21. The highest BCUT2D eigenvalue weighted by atomic mass is 19.1. The van der Waals surface area contributed by atoms with Crippen LogP contribution in [0.5, 0.6) is 0 Å². The molecule has 80 valence electrons. The lowest BCUT2D eigenvalue weighted by molar-refractivity contribution is 0.425. The third-order valence-electron chi connectivity index (χ3n) is 1.93. The summed E-state index contributed by atoms with van der Waals surface area (Å²) in [4.78, 5) is 4.05. The minimum Gasteiger partial charge on any atom is -0.334 e. The van der Waals surface area contributed by atoms with E-state index in [1.807, 2.05) is 0 Å². The number of rotatable bonds is 1. The lowest BCUT2D eigenvalue weighted by atomic mass is 10.1. The molecule has 0 bridgehead atoms. The molecule has 1 aromatic heterocycles. The van der Waals surface area contributed by atoms with E-state index < -0.39 is 0 Å². The SMILES string of the molecule is C.Cc1noc(-c2ccc(F)c(C)c2)n1. The lowest BCUT2D eigenvalue weighted by Gasteiger charge is -1.97. The van der Waals surface area contributed by atoms with Crippen LogP contribution < -0.4 is 0 Å². The summed E-state index contributed by atoms with van der Waals surface area (Å²) in [5, 5.41) is 3.67. The molecule has 0 radical (unpaired) electrons. The molecular formula is C11H13FN2O. The zero-order valence-electron chi connectivity index (χ0n) is 7.91. The number of hydrogen-bond donors (Lipinski definition) is 0. The maximum Gasteiger partial charge on any atom is 0.257 e. The Labute approximate surface area is 87.9 Å². The Bertz CT molecular complexity index is 465. The Morgan fingerprint density at radius 2 is 2.00 bits per heavy atom. The van der Waals surface area contributed by atoms with Crippen molar-refractivity contribution in [1.29, 1.82) is 0 Å². The van der Waals surface area contributed by atoms with E-state index in [0.717, 1.165) is 5.56 Å². The van der Waals surface area contributed by atoms with E-state index in [0.29, 0.717) is 17.3 Å². The van der Waals surface area contributed by atoms with Crippen LogP contribution in [0, 0.1) is 19.7 Å². The highest BCUT2D eigenvalue weighted by molar-refractivity contribution is 5.54. The molecule has 0 unspecified atom stereocenters. The van der Waals surface area contributed by atoms with Gasteiger partial charge in [0.2, 0.25) is 0 Å². The molecule has 0 fully saturated rings. The summed E-state index contributed by atoms with van der Waals surface area (Å²) >= 11 is 0. The second-order valence-corrected chi connectivity index (χ2v) is 3.11. The molecule has 3 nitrogen and oxygen atoms in total. The van der Waals surface area contributed by atoms with Crippen molar-refractivity contribution in [3.05, 3.63) is 35.4 Å². The van der Waals surface area contributed by atoms with E-state index >= 15 is 0 Å². The topological polar surface area (TPSA) is 38.9 Å². The van der Waals surface area contributed by atoms with Crippen molar-refractivity contribution < 1.29 is 8.91 Å². The molecule has 4 heteroatoms. The van der Waals surface area contributed by atoms with Gasteiger partial charge in [-0.2, -0.15) is 4.98 Å². The van der Waals surface area contributed by atoms with Crippen LogP contribution in [-0.2, 0) is 0 Å². The molecule has 0 N–H and O–H groups in total. The molecule has 0 spiro atoms. The molecule has 1 aromatic carbocycles. The van der Waals surface area contributed by atoms with Gasteiger partial charge in [0.05, 0.1) is 0 Å². The molecule has 0 amide bonds. The number of halogens is 1. The summed E-state index contributed by atoms with van der Waals surface area (Å²) in [7, 11) is 0. The predicted molar refractivity (Wildman–Crippen MR) is 55.9 cm³/mol. The molecule has 0 saturated heterocycles. The lowest BCUT2D eigenvalue weighted by Crippen LogP contribution is -1.84. The van der Waals surface area contributed by atoms with Crippen molar-refractivity contribution in [3.63, 3.8) is 0 Å². The van der Waals surface area contributed by atoms with E-state index in [9.17, 15) is 4.39 Å². The first-order valence-corrected chi connectivity index (χ1v) is 4.23. The quantitative estimate of drug-likeness (QED) is 0.722. The Morgan fingerprint density at radius 3 is 2.53 bits per heavy atom. The molecule has 2 aromatic rings. The fourth-order valence-electron chi connectivity index (χ4n) is 1.19. The highest BCUT2D eigenvalue weighted by Crippen LogP contribution is 2.19. The van der Waals surface area contributed by atoms with Gasteiger partial charge in [0.25, 0.3) is 5.89 Å². The largest absolute Gasteiger partial charge is 0.334 e. The van der Waals surface area contributed by atoms with Gasteiger partial charge in [-0.05, 0) is 37.6 Å². The first-order valence-electron chi connectivity index (χ1n) is 4.23. The van der Waals surface area contributed by atoms with Gasteiger partial charge in [0.1, 0.15) is 5.82 Å². The molecular weight excluding hydrogens is 195 g/mol. The molecule has 0 aliphatic rings. The summed E-state index contributed by atoms with van der Waals surface area (Å²) in [6.07, 6.45) is 0. The molecule has 0 atom stereocenters. The summed E-state index contributed by atoms with van der Waals surface area (Å²) < 4.78 is 17.9. The fourth-order valence-corrected chi connectivity index (χ4v) is 1.19. The Kier molecular flexibility index (Phi) is 3.19. The van der Waals surface area contributed by atoms with Crippen LogP contribution in [0.1, 0.15) is 18.8 Å². The summed E-state index contributed by atoms with van der Waals surface area (Å²) in [5.74, 6) is 0.762. The zero-order chi connectivity index (χ0) is 10.1. The fraction of sp³-hybridized carbons (Fsp3) is 0.273. The third kappa shape index (κ3) is 2.21. The molecule has 0 aliphatic carbocycles. The summed E-state index contributed by atoms with van der Waals surface area (Å²) in [6.45, 7) is 3.44. The van der Waals surface area contributed by atoms with Gasteiger partial charge in [-0.15, -0.1) is 0 Å². The van der Waals surface area contributed by atoms with E-state index in [-0.39, 0.29) is 13.2 Å². The van der Waals surface area contributed by atoms with E-state index in [4.69, 9.17) is 4.52 Å². The average molecular weight is 208 g/mol. The van der Waals surface area contributed by atoms with Gasteiger partial charge in [-0.1, -0.05) is 12.6 Å². The Hall–Kier alpha value is -1.71. The highest BCUT2D eigenvalue weighted by Gasteiger charge is 2.07.